The van der Waals surface area contributed by atoms with Crippen LogP contribution in [0.1, 0.15) is 27.7 Å². The minimum absolute atomic E-state index is 0.0533. The van der Waals surface area contributed by atoms with E-state index in [0.717, 1.165) is 6.07 Å². The standard InChI is InChI=1S/C16H25N3O5S/c1-5-18(6-2)25(22,23)14-7-8-15(16(9-14)19(20)21)17-10-12(3)24-13(4)11-17/h7-9,12-13H,5-6,10-11H2,1-4H3. The summed E-state index contributed by atoms with van der Waals surface area (Å²) >= 11 is 0. The second kappa shape index (κ2) is 7.67. The van der Waals surface area contributed by atoms with Gasteiger partial charge < -0.3 is 9.64 Å². The zero-order chi connectivity index (χ0) is 18.8. The first-order valence-corrected chi connectivity index (χ1v) is 9.83. The molecule has 0 amide bonds. The summed E-state index contributed by atoms with van der Waals surface area (Å²) in [4.78, 5) is 12.9. The van der Waals surface area contributed by atoms with Gasteiger partial charge in [-0.05, 0) is 26.0 Å². The van der Waals surface area contributed by atoms with Crippen molar-refractivity contribution in [3.8, 4) is 0 Å². The largest absolute Gasteiger partial charge is 0.372 e. The summed E-state index contributed by atoms with van der Waals surface area (Å²) < 4.78 is 32.2. The van der Waals surface area contributed by atoms with Crippen molar-refractivity contribution in [2.24, 2.45) is 0 Å². The molecular formula is C16H25N3O5S. The van der Waals surface area contributed by atoms with Gasteiger partial charge >= 0.3 is 0 Å². The van der Waals surface area contributed by atoms with Gasteiger partial charge in [0.2, 0.25) is 10.0 Å². The van der Waals surface area contributed by atoms with Crippen molar-refractivity contribution in [1.82, 2.24) is 4.31 Å². The molecule has 1 aromatic rings. The van der Waals surface area contributed by atoms with Crippen molar-refractivity contribution in [2.45, 2.75) is 44.8 Å². The Balaban J connectivity index is 2.47. The van der Waals surface area contributed by atoms with Gasteiger partial charge in [-0.1, -0.05) is 13.8 Å². The number of sulfonamides is 1. The van der Waals surface area contributed by atoms with Crippen molar-refractivity contribution in [3.05, 3.63) is 28.3 Å². The molecule has 9 heteroatoms. The molecule has 2 unspecified atom stereocenters. The summed E-state index contributed by atoms with van der Waals surface area (Å²) in [6.07, 6.45) is -0.107. The Hall–Kier alpha value is -1.71. The minimum Gasteiger partial charge on any atom is -0.372 e. The lowest BCUT2D eigenvalue weighted by molar-refractivity contribution is -0.384. The van der Waals surface area contributed by atoms with Crippen LogP contribution < -0.4 is 4.90 Å². The SMILES string of the molecule is CCN(CC)S(=O)(=O)c1ccc(N2CC(C)OC(C)C2)c([N+](=O)[O-])c1. The maximum absolute atomic E-state index is 12.6. The Morgan fingerprint density at radius 1 is 1.24 bits per heavy atom. The molecule has 1 fully saturated rings. The number of benzene rings is 1. The summed E-state index contributed by atoms with van der Waals surface area (Å²) in [5, 5.41) is 11.6. The molecule has 0 saturated carbocycles. The number of morpholine rings is 1. The molecule has 0 radical (unpaired) electrons. The van der Waals surface area contributed by atoms with Crippen LogP contribution in [0.3, 0.4) is 0 Å². The smallest absolute Gasteiger partial charge is 0.293 e. The topological polar surface area (TPSA) is 93.0 Å². The van der Waals surface area contributed by atoms with E-state index in [4.69, 9.17) is 4.74 Å². The van der Waals surface area contributed by atoms with E-state index in [-0.39, 0.29) is 22.8 Å². The number of nitrogens with zero attached hydrogens (tertiary/aromatic N) is 3. The molecule has 1 aliphatic heterocycles. The third-order valence-corrected chi connectivity index (χ3v) is 6.29. The lowest BCUT2D eigenvalue weighted by Crippen LogP contribution is -2.45. The van der Waals surface area contributed by atoms with Gasteiger partial charge in [0, 0.05) is 32.2 Å². The molecule has 25 heavy (non-hydrogen) atoms. The third-order valence-electron chi connectivity index (χ3n) is 4.25. The van der Waals surface area contributed by atoms with Gasteiger partial charge in [-0.2, -0.15) is 4.31 Å². The van der Waals surface area contributed by atoms with Gasteiger partial charge in [-0.3, -0.25) is 10.1 Å². The number of nitro groups is 1. The lowest BCUT2D eigenvalue weighted by Gasteiger charge is -2.36. The highest BCUT2D eigenvalue weighted by atomic mass is 32.2. The molecule has 0 aliphatic carbocycles. The van der Waals surface area contributed by atoms with E-state index in [9.17, 15) is 18.5 Å². The Morgan fingerprint density at radius 2 is 1.80 bits per heavy atom. The zero-order valence-corrected chi connectivity index (χ0v) is 15.8. The van der Waals surface area contributed by atoms with Crippen LogP contribution in [-0.2, 0) is 14.8 Å². The van der Waals surface area contributed by atoms with Crippen LogP contribution in [-0.4, -0.2) is 56.0 Å². The Morgan fingerprint density at radius 3 is 2.28 bits per heavy atom. The number of rotatable bonds is 6. The van der Waals surface area contributed by atoms with Crippen LogP contribution in [0.5, 0.6) is 0 Å². The molecule has 140 valence electrons. The third kappa shape index (κ3) is 4.10. The van der Waals surface area contributed by atoms with E-state index in [2.05, 4.69) is 0 Å². The molecule has 1 aromatic carbocycles. The highest BCUT2D eigenvalue weighted by Gasteiger charge is 2.30. The average Bonchev–Trinajstić information content (AvgIpc) is 2.54. The van der Waals surface area contributed by atoms with Gasteiger partial charge in [0.25, 0.3) is 5.69 Å². The fourth-order valence-corrected chi connectivity index (χ4v) is 4.64. The maximum Gasteiger partial charge on any atom is 0.293 e. The molecule has 0 N–H and O–H groups in total. The molecule has 2 atom stereocenters. The molecule has 0 aromatic heterocycles. The monoisotopic (exact) mass is 371 g/mol. The maximum atomic E-state index is 12.6. The van der Waals surface area contributed by atoms with Gasteiger partial charge in [-0.15, -0.1) is 0 Å². The van der Waals surface area contributed by atoms with Gasteiger partial charge in [0.05, 0.1) is 22.0 Å². The average molecular weight is 371 g/mol. The second-order valence-electron chi connectivity index (χ2n) is 6.16. The number of hydrogen-bond donors (Lipinski definition) is 0. The van der Waals surface area contributed by atoms with E-state index in [1.54, 1.807) is 13.8 Å². The van der Waals surface area contributed by atoms with E-state index in [0.29, 0.717) is 31.9 Å². The van der Waals surface area contributed by atoms with Crippen LogP contribution in [0.4, 0.5) is 11.4 Å². The van der Waals surface area contributed by atoms with Crippen LogP contribution in [0.15, 0.2) is 23.1 Å². The first kappa shape index (κ1) is 19.6. The fraction of sp³-hybridized carbons (Fsp3) is 0.625. The molecule has 0 spiro atoms. The number of nitro benzene ring substituents is 1. The van der Waals surface area contributed by atoms with Crippen molar-refractivity contribution in [2.75, 3.05) is 31.1 Å². The van der Waals surface area contributed by atoms with Crippen molar-refractivity contribution >= 4 is 21.4 Å². The summed E-state index contributed by atoms with van der Waals surface area (Å²) in [5.74, 6) is 0. The van der Waals surface area contributed by atoms with Crippen LogP contribution >= 0.6 is 0 Å². The van der Waals surface area contributed by atoms with Gasteiger partial charge in [0.1, 0.15) is 5.69 Å². The number of anilines is 1. The molecule has 8 nitrogen and oxygen atoms in total. The van der Waals surface area contributed by atoms with Crippen LogP contribution in [0, 0.1) is 10.1 Å². The first-order valence-electron chi connectivity index (χ1n) is 8.39. The Kier molecular flexibility index (Phi) is 6.02. The summed E-state index contributed by atoms with van der Waals surface area (Å²) in [7, 11) is -3.74. The zero-order valence-electron chi connectivity index (χ0n) is 15.0. The molecular weight excluding hydrogens is 346 g/mol. The van der Waals surface area contributed by atoms with E-state index < -0.39 is 14.9 Å². The predicted molar refractivity (Wildman–Crippen MR) is 95.4 cm³/mol. The lowest BCUT2D eigenvalue weighted by atomic mass is 10.2. The fourth-order valence-electron chi connectivity index (χ4n) is 3.16. The molecule has 1 saturated heterocycles. The highest BCUT2D eigenvalue weighted by Crippen LogP contribution is 2.33. The molecule has 1 aliphatic rings. The molecule has 0 bridgehead atoms. The highest BCUT2D eigenvalue weighted by molar-refractivity contribution is 7.89. The van der Waals surface area contributed by atoms with E-state index in [1.807, 2.05) is 18.7 Å². The van der Waals surface area contributed by atoms with Crippen LogP contribution in [0.2, 0.25) is 0 Å². The summed E-state index contributed by atoms with van der Waals surface area (Å²) in [6.45, 7) is 8.96. The van der Waals surface area contributed by atoms with E-state index in [1.165, 1.54) is 16.4 Å². The molecule has 1 heterocycles. The number of ether oxygens (including phenoxy) is 1. The minimum atomic E-state index is -3.74. The Bertz CT molecular complexity index is 723. The summed E-state index contributed by atoms with van der Waals surface area (Å²) in [6, 6.07) is 4.13. The van der Waals surface area contributed by atoms with Gasteiger partial charge in [0.15, 0.2) is 0 Å². The van der Waals surface area contributed by atoms with Crippen molar-refractivity contribution in [3.63, 3.8) is 0 Å². The van der Waals surface area contributed by atoms with Crippen molar-refractivity contribution < 1.29 is 18.1 Å². The number of hydrogen-bond acceptors (Lipinski definition) is 6. The normalized spacial score (nSPS) is 21.6. The first-order chi connectivity index (χ1) is 11.7. The van der Waals surface area contributed by atoms with Crippen molar-refractivity contribution in [1.29, 1.82) is 0 Å². The molecule has 2 rings (SSSR count). The van der Waals surface area contributed by atoms with E-state index >= 15 is 0 Å². The second-order valence-corrected chi connectivity index (χ2v) is 8.10. The van der Waals surface area contributed by atoms with Crippen LogP contribution in [0.25, 0.3) is 0 Å². The summed E-state index contributed by atoms with van der Waals surface area (Å²) in [5.41, 5.74) is 0.222. The Labute approximate surface area is 148 Å². The van der Waals surface area contributed by atoms with Gasteiger partial charge in [-0.25, -0.2) is 8.42 Å². The predicted octanol–water partition coefficient (Wildman–Crippen LogP) is 2.24. The quantitative estimate of drug-likeness (QED) is 0.562.